The average Bonchev–Trinajstić information content (AvgIpc) is 3.02. The van der Waals surface area contributed by atoms with Crippen LogP contribution < -0.4 is 0 Å². The Labute approximate surface area is 151 Å². The van der Waals surface area contributed by atoms with Crippen LogP contribution in [0.1, 0.15) is 70.6 Å². The molecule has 0 unspecified atom stereocenters. The topological polar surface area (TPSA) is 38.7 Å². The third-order valence-corrected chi connectivity index (χ3v) is 4.94. The lowest BCUT2D eigenvalue weighted by Crippen LogP contribution is -2.12. The molecule has 1 aliphatic carbocycles. The molecule has 0 aromatic heterocycles. The number of methoxy groups -OCH3 is 2. The monoisotopic (exact) mass is 349 g/mol. The van der Waals surface area contributed by atoms with Crippen LogP contribution in [0.4, 0.5) is 0 Å². The van der Waals surface area contributed by atoms with Gasteiger partial charge in [-0.05, 0) is 19.3 Å². The van der Waals surface area contributed by atoms with Gasteiger partial charge in [-0.1, -0.05) is 68.4 Å². The van der Waals surface area contributed by atoms with E-state index in [9.17, 15) is 5.11 Å². The molecular weight excluding hydrogens is 316 g/mol. The highest BCUT2D eigenvalue weighted by atomic mass is 28.1. The van der Waals surface area contributed by atoms with Crippen LogP contribution >= 0.6 is 0 Å². The summed E-state index contributed by atoms with van der Waals surface area (Å²) in [6.45, 7) is 0. The zero-order valence-electron chi connectivity index (χ0n) is 15.4. The average molecular weight is 350 g/mol. The van der Waals surface area contributed by atoms with Crippen molar-refractivity contribution in [2.75, 3.05) is 14.2 Å². The number of hydrogen-bond acceptors (Lipinski definition) is 3. The van der Waals surface area contributed by atoms with Crippen molar-refractivity contribution in [3.63, 3.8) is 0 Å². The molecule has 0 fully saturated rings. The van der Waals surface area contributed by atoms with E-state index in [1.54, 1.807) is 14.2 Å². The highest BCUT2D eigenvalue weighted by Gasteiger charge is 2.07. The number of unbranched alkanes of at least 4 members (excludes halogenated alkanes) is 8. The SMILES string of the molecule is COC(CCCCCCCCCCCC(O)=C1C=CC=C1[Si])OC. The maximum Gasteiger partial charge on any atom is 0.156 e. The fourth-order valence-corrected chi connectivity index (χ4v) is 3.30. The molecule has 0 aromatic rings. The predicted octanol–water partition coefficient (Wildman–Crippen LogP) is 5.33. The molecule has 3 nitrogen and oxygen atoms in total. The Morgan fingerprint density at radius 2 is 1.50 bits per heavy atom. The van der Waals surface area contributed by atoms with Gasteiger partial charge in [-0.25, -0.2) is 0 Å². The first-order valence-electron chi connectivity index (χ1n) is 9.27. The number of rotatable bonds is 14. The molecular formula is C20H33O3Si. The van der Waals surface area contributed by atoms with Gasteiger partial charge < -0.3 is 14.6 Å². The van der Waals surface area contributed by atoms with Crippen molar-refractivity contribution in [3.8, 4) is 0 Å². The lowest BCUT2D eigenvalue weighted by atomic mass is 10.0. The third kappa shape index (κ3) is 8.86. The van der Waals surface area contributed by atoms with E-state index < -0.39 is 0 Å². The fourth-order valence-electron chi connectivity index (χ4n) is 2.98. The number of aliphatic hydroxyl groups excluding tert-OH is 1. The van der Waals surface area contributed by atoms with Crippen molar-refractivity contribution in [3.05, 3.63) is 34.8 Å². The van der Waals surface area contributed by atoms with Crippen molar-refractivity contribution in [2.24, 2.45) is 0 Å². The van der Waals surface area contributed by atoms with Crippen molar-refractivity contribution in [1.82, 2.24) is 0 Å². The van der Waals surface area contributed by atoms with Gasteiger partial charge in [-0.15, -0.1) is 0 Å². The van der Waals surface area contributed by atoms with Crippen LogP contribution in [0, 0.1) is 0 Å². The van der Waals surface area contributed by atoms with Crippen LogP contribution in [0.25, 0.3) is 0 Å². The highest BCUT2D eigenvalue weighted by Crippen LogP contribution is 2.22. The summed E-state index contributed by atoms with van der Waals surface area (Å²) < 4.78 is 10.4. The largest absolute Gasteiger partial charge is 0.512 e. The van der Waals surface area contributed by atoms with Crippen LogP contribution in [-0.4, -0.2) is 35.9 Å². The molecule has 0 aromatic carbocycles. The molecule has 1 rings (SSSR count). The molecule has 0 amide bonds. The first-order valence-corrected chi connectivity index (χ1v) is 9.77. The number of ether oxygens (including phenoxy) is 2. The summed E-state index contributed by atoms with van der Waals surface area (Å²) in [5, 5.41) is 11.0. The van der Waals surface area contributed by atoms with Crippen molar-refractivity contribution in [2.45, 2.75) is 76.9 Å². The standard InChI is InChI=1S/C20H33O3Si/c1-22-20(23-2)16-11-9-7-5-3-4-6-8-10-14-18(21)17-13-12-15-19(17)24/h12-13,15,20-21H,3-11,14,16H2,1-2H3. The highest BCUT2D eigenvalue weighted by molar-refractivity contribution is 6.25. The second kappa shape index (κ2) is 13.4. The predicted molar refractivity (Wildman–Crippen MR) is 101 cm³/mol. The van der Waals surface area contributed by atoms with Gasteiger partial charge in [0, 0.05) is 26.2 Å². The summed E-state index contributed by atoms with van der Waals surface area (Å²) in [5.41, 5.74) is 0.941. The molecule has 0 spiro atoms. The van der Waals surface area contributed by atoms with Crippen LogP contribution in [0.3, 0.4) is 0 Å². The van der Waals surface area contributed by atoms with Gasteiger partial charge in [0.25, 0.3) is 0 Å². The van der Waals surface area contributed by atoms with Gasteiger partial charge in [-0.3, -0.25) is 0 Å². The van der Waals surface area contributed by atoms with Gasteiger partial charge in [0.05, 0.1) is 16.0 Å². The summed E-state index contributed by atoms with van der Waals surface area (Å²) in [6.07, 6.45) is 18.8. The molecule has 0 saturated carbocycles. The normalized spacial score (nSPS) is 16.1. The second-order valence-corrected chi connectivity index (χ2v) is 6.96. The first kappa shape index (κ1) is 21.2. The summed E-state index contributed by atoms with van der Waals surface area (Å²) in [6, 6.07) is 0. The lowest BCUT2D eigenvalue weighted by molar-refractivity contribution is -0.107. The van der Waals surface area contributed by atoms with Gasteiger partial charge >= 0.3 is 0 Å². The number of hydrogen-bond donors (Lipinski definition) is 1. The summed E-state index contributed by atoms with van der Waals surface area (Å²) in [4.78, 5) is 0. The molecule has 0 heterocycles. The molecule has 135 valence electrons. The Morgan fingerprint density at radius 1 is 0.958 bits per heavy atom. The van der Waals surface area contributed by atoms with E-state index in [1.165, 1.54) is 51.4 Å². The van der Waals surface area contributed by atoms with Crippen LogP contribution in [0.15, 0.2) is 34.8 Å². The molecule has 4 heteroatoms. The Kier molecular flexibility index (Phi) is 11.9. The van der Waals surface area contributed by atoms with Crippen LogP contribution in [-0.2, 0) is 9.47 Å². The minimum Gasteiger partial charge on any atom is -0.512 e. The van der Waals surface area contributed by atoms with Crippen LogP contribution in [0.2, 0.25) is 0 Å². The molecule has 0 saturated heterocycles. The van der Waals surface area contributed by atoms with E-state index in [0.717, 1.165) is 30.0 Å². The molecule has 3 radical (unpaired) electrons. The molecule has 0 bridgehead atoms. The van der Waals surface area contributed by atoms with Crippen LogP contribution in [0.5, 0.6) is 0 Å². The van der Waals surface area contributed by atoms with Gasteiger partial charge in [-0.2, -0.15) is 0 Å². The minimum atomic E-state index is -0.0351. The molecule has 24 heavy (non-hydrogen) atoms. The summed E-state index contributed by atoms with van der Waals surface area (Å²) in [5.74, 6) is 0.510. The summed E-state index contributed by atoms with van der Waals surface area (Å²) >= 11 is 0. The Balaban J connectivity index is 1.89. The van der Waals surface area contributed by atoms with E-state index in [1.807, 2.05) is 18.2 Å². The zero-order chi connectivity index (χ0) is 17.6. The fraction of sp³-hybridized carbons (Fsp3) is 0.700. The Morgan fingerprint density at radius 3 is 2.00 bits per heavy atom. The Bertz CT molecular complexity index is 423. The van der Waals surface area contributed by atoms with Gasteiger partial charge in [0.15, 0.2) is 6.29 Å². The van der Waals surface area contributed by atoms with Crippen molar-refractivity contribution in [1.29, 1.82) is 0 Å². The molecule has 1 N–H and O–H groups in total. The quantitative estimate of drug-likeness (QED) is 0.199. The van der Waals surface area contributed by atoms with E-state index >= 15 is 0 Å². The molecule has 0 aliphatic heterocycles. The Hall–Kier alpha value is -0.843. The third-order valence-electron chi connectivity index (χ3n) is 4.51. The summed E-state index contributed by atoms with van der Waals surface area (Å²) in [7, 11) is 6.91. The maximum atomic E-state index is 10.1. The van der Waals surface area contributed by atoms with Crippen molar-refractivity contribution >= 4 is 10.2 Å². The lowest BCUT2D eigenvalue weighted by Gasteiger charge is -2.12. The van der Waals surface area contributed by atoms with Crippen molar-refractivity contribution < 1.29 is 14.6 Å². The van der Waals surface area contributed by atoms with Gasteiger partial charge in [0.1, 0.15) is 0 Å². The maximum absolute atomic E-state index is 10.1. The minimum absolute atomic E-state index is 0.0351. The zero-order valence-corrected chi connectivity index (χ0v) is 16.4. The second-order valence-electron chi connectivity index (χ2n) is 6.42. The number of allylic oxidation sites excluding steroid dienone is 6. The first-order chi connectivity index (χ1) is 11.7. The van der Waals surface area contributed by atoms with E-state index in [0.29, 0.717) is 5.76 Å². The molecule has 0 atom stereocenters. The van der Waals surface area contributed by atoms with E-state index in [-0.39, 0.29) is 6.29 Å². The smallest absolute Gasteiger partial charge is 0.156 e. The molecule has 1 aliphatic rings. The van der Waals surface area contributed by atoms with E-state index in [2.05, 4.69) is 10.2 Å². The van der Waals surface area contributed by atoms with E-state index in [4.69, 9.17) is 9.47 Å². The number of aliphatic hydroxyl groups is 1. The van der Waals surface area contributed by atoms with Gasteiger partial charge in [0.2, 0.25) is 0 Å².